The first-order valence-electron chi connectivity index (χ1n) is 11.7. The fourth-order valence-electron chi connectivity index (χ4n) is 4.81. The Hall–Kier alpha value is -3.20. The highest BCUT2D eigenvalue weighted by Crippen LogP contribution is 2.41. The molecule has 0 spiro atoms. The third-order valence-electron chi connectivity index (χ3n) is 6.74. The van der Waals surface area contributed by atoms with E-state index in [4.69, 9.17) is 0 Å². The number of benzene rings is 3. The van der Waals surface area contributed by atoms with Gasteiger partial charge in [0.05, 0.1) is 0 Å². The van der Waals surface area contributed by atoms with Crippen molar-refractivity contribution >= 4 is 10.8 Å². The van der Waals surface area contributed by atoms with Gasteiger partial charge in [-0.1, -0.05) is 30.1 Å². The lowest BCUT2D eigenvalue weighted by Crippen LogP contribution is -2.17. The largest absolute Gasteiger partial charge is 0.204 e. The van der Waals surface area contributed by atoms with Crippen LogP contribution in [0, 0.1) is 52.7 Å². The predicted molar refractivity (Wildman–Crippen MR) is 125 cm³/mol. The highest BCUT2D eigenvalue weighted by atomic mass is 19.2. The Morgan fingerprint density at radius 2 is 1.40 bits per heavy atom. The number of hydrogen-bond acceptors (Lipinski definition) is 0. The van der Waals surface area contributed by atoms with Gasteiger partial charge in [-0.3, -0.25) is 0 Å². The minimum absolute atomic E-state index is 0.225. The lowest BCUT2D eigenvalue weighted by molar-refractivity contribution is 0.298. The Bertz CT molecular complexity index is 1310. The van der Waals surface area contributed by atoms with E-state index in [9.17, 15) is 26.3 Å². The van der Waals surface area contributed by atoms with Crippen molar-refractivity contribution in [3.05, 3.63) is 94.1 Å². The van der Waals surface area contributed by atoms with Gasteiger partial charge in [-0.25, -0.2) is 26.3 Å². The molecule has 3 aromatic rings. The van der Waals surface area contributed by atoms with Gasteiger partial charge in [0.2, 0.25) is 0 Å². The van der Waals surface area contributed by atoms with Crippen molar-refractivity contribution in [3.8, 4) is 11.8 Å². The number of allylic oxidation sites excluding steroid dienone is 2. The third-order valence-corrected chi connectivity index (χ3v) is 6.74. The average molecular weight is 486 g/mol. The molecular formula is C29H24F6. The first kappa shape index (κ1) is 24.9. The molecule has 0 heterocycles. The maximum Gasteiger partial charge on any atom is 0.177 e. The number of hydrogen-bond donors (Lipinski definition) is 0. The number of halogens is 6. The molecule has 0 radical (unpaired) electrons. The molecule has 3 aromatic carbocycles. The lowest BCUT2D eigenvalue weighted by Gasteiger charge is -2.29. The van der Waals surface area contributed by atoms with E-state index < -0.39 is 51.9 Å². The highest BCUT2D eigenvalue weighted by Gasteiger charge is 2.32. The molecule has 0 amide bonds. The summed E-state index contributed by atoms with van der Waals surface area (Å²) in [5.74, 6) is -3.40. The SMILES string of the molecule is C/C=C/CCC1CCC(c2c(F)c(F)c(C#Cc3ccc4cc(F)c(F)cc4c3)c(F)c2F)CC1. The van der Waals surface area contributed by atoms with Crippen LogP contribution >= 0.6 is 0 Å². The van der Waals surface area contributed by atoms with Gasteiger partial charge in [0.25, 0.3) is 0 Å². The van der Waals surface area contributed by atoms with Crippen LogP contribution in [0.3, 0.4) is 0 Å². The summed E-state index contributed by atoms with van der Waals surface area (Å²) in [6.45, 7) is 1.95. The van der Waals surface area contributed by atoms with E-state index in [0.717, 1.165) is 37.8 Å². The van der Waals surface area contributed by atoms with Gasteiger partial charge >= 0.3 is 0 Å². The Balaban J connectivity index is 1.60. The van der Waals surface area contributed by atoms with Crippen LogP contribution in [0.5, 0.6) is 0 Å². The molecule has 0 unspecified atom stereocenters. The van der Waals surface area contributed by atoms with Gasteiger partial charge in [-0.15, -0.1) is 0 Å². The van der Waals surface area contributed by atoms with E-state index in [-0.39, 0.29) is 5.56 Å². The molecule has 1 aliphatic rings. The summed E-state index contributed by atoms with van der Waals surface area (Å²) in [5, 5.41) is 0.732. The van der Waals surface area contributed by atoms with Crippen molar-refractivity contribution in [2.24, 2.45) is 5.92 Å². The highest BCUT2D eigenvalue weighted by molar-refractivity contribution is 5.84. The average Bonchev–Trinajstić information content (AvgIpc) is 2.85. The molecular weight excluding hydrogens is 462 g/mol. The molecule has 0 N–H and O–H groups in total. The molecule has 0 bridgehead atoms. The molecule has 6 heteroatoms. The maximum atomic E-state index is 14.9. The predicted octanol–water partition coefficient (Wildman–Crippen LogP) is 8.70. The molecule has 1 saturated carbocycles. The number of fused-ring (bicyclic) bond motifs is 1. The molecule has 0 aliphatic heterocycles. The zero-order valence-corrected chi connectivity index (χ0v) is 19.2. The summed E-state index contributed by atoms with van der Waals surface area (Å²) in [7, 11) is 0. The Morgan fingerprint density at radius 3 is 2.03 bits per heavy atom. The second-order valence-corrected chi connectivity index (χ2v) is 8.99. The van der Waals surface area contributed by atoms with E-state index in [2.05, 4.69) is 17.9 Å². The van der Waals surface area contributed by atoms with Crippen LogP contribution in [-0.4, -0.2) is 0 Å². The topological polar surface area (TPSA) is 0 Å². The van der Waals surface area contributed by atoms with E-state index in [1.807, 2.05) is 13.0 Å². The van der Waals surface area contributed by atoms with Crippen molar-refractivity contribution in [3.63, 3.8) is 0 Å². The van der Waals surface area contributed by atoms with E-state index in [1.165, 1.54) is 18.2 Å². The molecule has 0 atom stereocenters. The summed E-state index contributed by atoms with van der Waals surface area (Å²) in [5.41, 5.74) is -1.31. The van der Waals surface area contributed by atoms with Crippen LogP contribution in [0.15, 0.2) is 42.5 Å². The summed E-state index contributed by atoms with van der Waals surface area (Å²) >= 11 is 0. The number of rotatable bonds is 4. The fourth-order valence-corrected chi connectivity index (χ4v) is 4.81. The van der Waals surface area contributed by atoms with Crippen molar-refractivity contribution in [2.45, 2.75) is 51.4 Å². The van der Waals surface area contributed by atoms with Gasteiger partial charge in [0.1, 0.15) is 5.56 Å². The van der Waals surface area contributed by atoms with Crippen molar-refractivity contribution in [1.82, 2.24) is 0 Å². The maximum absolute atomic E-state index is 14.9. The van der Waals surface area contributed by atoms with E-state index >= 15 is 0 Å². The van der Waals surface area contributed by atoms with Gasteiger partial charge in [0.15, 0.2) is 34.9 Å². The van der Waals surface area contributed by atoms with E-state index in [1.54, 1.807) is 0 Å². The molecule has 1 aliphatic carbocycles. The van der Waals surface area contributed by atoms with Crippen LogP contribution < -0.4 is 0 Å². The normalized spacial score (nSPS) is 18.1. The molecule has 182 valence electrons. The minimum Gasteiger partial charge on any atom is -0.204 e. The standard InChI is InChI=1S/C29H24F6/c1-2-3-4-5-17-6-10-19(11-7-17)25-28(34)26(32)22(27(33)29(25)35)13-9-18-8-12-20-15-23(30)24(31)16-21(20)14-18/h2-3,8,12,14-17,19H,4-7,10-11H2,1H3/b3-2+. The first-order chi connectivity index (χ1) is 16.8. The smallest absolute Gasteiger partial charge is 0.177 e. The summed E-state index contributed by atoms with van der Waals surface area (Å²) in [6, 6.07) is 6.29. The van der Waals surface area contributed by atoms with Crippen LogP contribution in [0.4, 0.5) is 26.3 Å². The summed E-state index contributed by atoms with van der Waals surface area (Å²) in [6.07, 6.45) is 8.40. The van der Waals surface area contributed by atoms with Crippen LogP contribution in [0.25, 0.3) is 10.8 Å². The van der Waals surface area contributed by atoms with Crippen molar-refractivity contribution in [2.75, 3.05) is 0 Å². The fraction of sp³-hybridized carbons (Fsp3) is 0.310. The van der Waals surface area contributed by atoms with Gasteiger partial charge in [0, 0.05) is 11.1 Å². The Labute approximate surface area is 200 Å². The molecule has 1 fully saturated rings. The van der Waals surface area contributed by atoms with Crippen LogP contribution in [0.1, 0.15) is 68.1 Å². The first-order valence-corrected chi connectivity index (χ1v) is 11.7. The molecule has 0 nitrogen and oxygen atoms in total. The molecule has 35 heavy (non-hydrogen) atoms. The zero-order chi connectivity index (χ0) is 25.1. The molecule has 0 saturated heterocycles. The Morgan fingerprint density at radius 1 is 0.771 bits per heavy atom. The van der Waals surface area contributed by atoms with Crippen LogP contribution in [0.2, 0.25) is 0 Å². The third kappa shape index (κ3) is 5.24. The second-order valence-electron chi connectivity index (χ2n) is 8.99. The monoisotopic (exact) mass is 486 g/mol. The van der Waals surface area contributed by atoms with Gasteiger partial charge < -0.3 is 0 Å². The van der Waals surface area contributed by atoms with E-state index in [0.29, 0.717) is 29.5 Å². The van der Waals surface area contributed by atoms with Gasteiger partial charge in [-0.05, 0) is 92.3 Å². The Kier molecular flexibility index (Phi) is 7.54. The van der Waals surface area contributed by atoms with Crippen LogP contribution in [-0.2, 0) is 0 Å². The minimum atomic E-state index is -1.52. The van der Waals surface area contributed by atoms with Gasteiger partial charge in [-0.2, -0.15) is 0 Å². The second kappa shape index (κ2) is 10.6. The summed E-state index contributed by atoms with van der Waals surface area (Å²) in [4.78, 5) is 0. The quantitative estimate of drug-likeness (QED) is 0.150. The zero-order valence-electron chi connectivity index (χ0n) is 19.2. The molecule has 0 aromatic heterocycles. The molecule has 4 rings (SSSR count). The van der Waals surface area contributed by atoms with Crippen molar-refractivity contribution in [1.29, 1.82) is 0 Å². The summed E-state index contributed by atoms with van der Waals surface area (Å²) < 4.78 is 86.3. The van der Waals surface area contributed by atoms with Crippen molar-refractivity contribution < 1.29 is 26.3 Å². The lowest BCUT2D eigenvalue weighted by atomic mass is 9.76.